The Balaban J connectivity index is 0.971. The molecular formula is C35H40ClF3N4O. The van der Waals surface area contributed by atoms with Gasteiger partial charge in [-0.2, -0.15) is 13.2 Å². The van der Waals surface area contributed by atoms with Crippen LogP contribution in [0, 0.1) is 5.92 Å². The first kappa shape index (κ1) is 30.9. The molecule has 0 saturated carbocycles. The molecule has 44 heavy (non-hydrogen) atoms. The van der Waals surface area contributed by atoms with E-state index in [1.807, 2.05) is 12.1 Å². The second-order valence-corrected chi connectivity index (χ2v) is 12.6. The van der Waals surface area contributed by atoms with E-state index in [0.29, 0.717) is 24.6 Å². The number of ether oxygens (including phenoxy) is 1. The smallest absolute Gasteiger partial charge is 0.416 e. The lowest BCUT2D eigenvalue weighted by atomic mass is 9.93. The van der Waals surface area contributed by atoms with Crippen LogP contribution in [-0.4, -0.2) is 55.0 Å². The van der Waals surface area contributed by atoms with Gasteiger partial charge in [-0.3, -0.25) is 14.8 Å². The van der Waals surface area contributed by atoms with Crippen molar-refractivity contribution in [2.45, 2.75) is 57.9 Å². The molecule has 5 nitrogen and oxygen atoms in total. The van der Waals surface area contributed by atoms with Crippen LogP contribution in [0.3, 0.4) is 0 Å². The van der Waals surface area contributed by atoms with Gasteiger partial charge in [0.05, 0.1) is 18.7 Å². The van der Waals surface area contributed by atoms with Crippen molar-refractivity contribution in [3.05, 3.63) is 99.1 Å². The van der Waals surface area contributed by atoms with E-state index in [1.54, 1.807) is 12.1 Å². The van der Waals surface area contributed by atoms with Crippen molar-refractivity contribution < 1.29 is 17.9 Å². The number of fused-ring (bicyclic) bond motifs is 1. The van der Waals surface area contributed by atoms with Gasteiger partial charge in [0.15, 0.2) is 0 Å². The van der Waals surface area contributed by atoms with Gasteiger partial charge in [-0.05, 0) is 104 Å². The number of amidine groups is 1. The van der Waals surface area contributed by atoms with E-state index < -0.39 is 11.7 Å². The molecule has 1 fully saturated rings. The number of rotatable bonds is 9. The minimum Gasteiger partial charge on any atom is -0.494 e. The Morgan fingerprint density at radius 3 is 2.50 bits per heavy atom. The quantitative estimate of drug-likeness (QED) is 0.271. The number of nitrogens with one attached hydrogen (secondary N) is 1. The summed E-state index contributed by atoms with van der Waals surface area (Å²) in [5.74, 6) is 2.40. The molecule has 0 radical (unpaired) electrons. The van der Waals surface area contributed by atoms with Gasteiger partial charge < -0.3 is 10.1 Å². The van der Waals surface area contributed by atoms with Crippen LogP contribution >= 0.6 is 11.6 Å². The molecule has 1 N–H and O–H groups in total. The molecule has 3 aromatic rings. The van der Waals surface area contributed by atoms with Crippen LogP contribution in [0.25, 0.3) is 0 Å². The van der Waals surface area contributed by atoms with Crippen LogP contribution < -0.4 is 10.1 Å². The lowest BCUT2D eigenvalue weighted by molar-refractivity contribution is -0.138. The highest BCUT2D eigenvalue weighted by molar-refractivity contribution is 6.31. The molecule has 9 heteroatoms. The molecular weight excluding hydrogens is 585 g/mol. The average Bonchev–Trinajstić information content (AvgIpc) is 3.47. The zero-order valence-corrected chi connectivity index (χ0v) is 25.8. The topological polar surface area (TPSA) is 40.1 Å². The molecule has 6 rings (SSSR count). The van der Waals surface area contributed by atoms with Gasteiger partial charge in [0.1, 0.15) is 11.6 Å². The Morgan fingerprint density at radius 2 is 1.73 bits per heavy atom. The van der Waals surface area contributed by atoms with Crippen LogP contribution in [0.15, 0.2) is 65.7 Å². The number of nitrogens with zero attached hydrogens (tertiary/aromatic N) is 3. The number of halogens is 4. The summed E-state index contributed by atoms with van der Waals surface area (Å²) in [6.07, 6.45) is 0.783. The van der Waals surface area contributed by atoms with Crippen LogP contribution in [0.1, 0.15) is 59.1 Å². The van der Waals surface area contributed by atoms with Gasteiger partial charge in [0.25, 0.3) is 0 Å². The van der Waals surface area contributed by atoms with E-state index in [9.17, 15) is 13.2 Å². The summed E-state index contributed by atoms with van der Waals surface area (Å²) < 4.78 is 46.9. The Labute approximate surface area is 263 Å². The van der Waals surface area contributed by atoms with Crippen molar-refractivity contribution in [1.82, 2.24) is 15.1 Å². The summed E-state index contributed by atoms with van der Waals surface area (Å²) in [5, 5.41) is 4.10. The molecule has 0 spiro atoms. The van der Waals surface area contributed by atoms with Gasteiger partial charge in [-0.15, -0.1) is 0 Å². The standard InChI is InChI=1S/C35H40ClF3N4O/c36-33-21-27(34-40-14-15-41-34)7-8-29(33)23-42-17-11-25(12-18-42)13-19-44-31-10-9-26-5-3-16-43(24-30(26)20-31)22-28-4-1-2-6-32(28)35(37,38)39/h1-2,4,6-10,20-21,25H,3,5,11-19,22-24H2,(H,40,41). The maximum Gasteiger partial charge on any atom is 0.416 e. The number of piperidine rings is 1. The molecule has 0 bridgehead atoms. The second-order valence-electron chi connectivity index (χ2n) is 12.2. The summed E-state index contributed by atoms with van der Waals surface area (Å²) in [4.78, 5) is 9.09. The molecule has 1 saturated heterocycles. The number of hydrogen-bond donors (Lipinski definition) is 1. The van der Waals surface area contributed by atoms with E-state index in [4.69, 9.17) is 16.3 Å². The molecule has 234 valence electrons. The van der Waals surface area contributed by atoms with Crippen LogP contribution in [0.2, 0.25) is 5.02 Å². The van der Waals surface area contributed by atoms with E-state index in [1.165, 1.54) is 17.7 Å². The molecule has 0 amide bonds. The zero-order chi connectivity index (χ0) is 30.5. The van der Waals surface area contributed by atoms with Gasteiger partial charge in [0.2, 0.25) is 0 Å². The van der Waals surface area contributed by atoms with E-state index in [0.717, 1.165) is 105 Å². The molecule has 3 aliphatic heterocycles. The summed E-state index contributed by atoms with van der Waals surface area (Å²) in [6, 6.07) is 18.4. The number of alkyl halides is 3. The minimum atomic E-state index is -4.35. The van der Waals surface area contributed by atoms with E-state index in [2.05, 4.69) is 44.4 Å². The van der Waals surface area contributed by atoms with Crippen molar-refractivity contribution in [1.29, 1.82) is 0 Å². The number of aryl methyl sites for hydroxylation is 1. The predicted molar refractivity (Wildman–Crippen MR) is 169 cm³/mol. The van der Waals surface area contributed by atoms with Gasteiger partial charge in [0, 0.05) is 36.8 Å². The van der Waals surface area contributed by atoms with Crippen LogP contribution in [-0.2, 0) is 32.2 Å². The van der Waals surface area contributed by atoms with Crippen molar-refractivity contribution in [2.75, 3.05) is 39.3 Å². The molecule has 0 atom stereocenters. The molecule has 0 unspecified atom stereocenters. The molecule has 0 aromatic heterocycles. The number of benzene rings is 3. The SMILES string of the molecule is FC(F)(F)c1ccccc1CN1CCCc2ccc(OCCC3CCN(Cc4ccc(C5=NCCN5)cc4Cl)CC3)cc2C1. The van der Waals surface area contributed by atoms with Crippen molar-refractivity contribution >= 4 is 17.4 Å². The van der Waals surface area contributed by atoms with Gasteiger partial charge in [-0.1, -0.05) is 48.0 Å². The maximum absolute atomic E-state index is 13.6. The van der Waals surface area contributed by atoms with Crippen molar-refractivity contribution in [2.24, 2.45) is 10.9 Å². The lowest BCUT2D eigenvalue weighted by Crippen LogP contribution is -2.33. The molecule has 3 heterocycles. The fourth-order valence-corrected chi connectivity index (χ4v) is 6.88. The first-order valence-corrected chi connectivity index (χ1v) is 16.1. The Bertz CT molecular complexity index is 1470. The third-order valence-corrected chi connectivity index (χ3v) is 9.46. The Morgan fingerprint density at radius 1 is 0.909 bits per heavy atom. The summed E-state index contributed by atoms with van der Waals surface area (Å²) >= 11 is 6.63. The highest BCUT2D eigenvalue weighted by Gasteiger charge is 2.33. The van der Waals surface area contributed by atoms with Crippen molar-refractivity contribution in [3.8, 4) is 5.75 Å². The highest BCUT2D eigenvalue weighted by atomic mass is 35.5. The maximum atomic E-state index is 13.6. The van der Waals surface area contributed by atoms with Gasteiger partial charge >= 0.3 is 6.18 Å². The van der Waals surface area contributed by atoms with Crippen LogP contribution in [0.5, 0.6) is 5.75 Å². The number of likely N-dealkylation sites (tertiary alicyclic amines) is 1. The number of hydrogen-bond acceptors (Lipinski definition) is 5. The lowest BCUT2D eigenvalue weighted by Gasteiger charge is -2.32. The fraction of sp³-hybridized carbons (Fsp3) is 0.457. The molecule has 3 aliphatic rings. The first-order chi connectivity index (χ1) is 21.3. The monoisotopic (exact) mass is 624 g/mol. The minimum absolute atomic E-state index is 0.281. The van der Waals surface area contributed by atoms with E-state index in [-0.39, 0.29) is 6.54 Å². The molecule has 3 aromatic carbocycles. The second kappa shape index (κ2) is 13.9. The summed E-state index contributed by atoms with van der Waals surface area (Å²) in [5.41, 5.74) is 4.40. The largest absolute Gasteiger partial charge is 0.494 e. The highest BCUT2D eigenvalue weighted by Crippen LogP contribution is 2.33. The third kappa shape index (κ3) is 7.76. The van der Waals surface area contributed by atoms with Gasteiger partial charge in [-0.25, -0.2) is 0 Å². The predicted octanol–water partition coefficient (Wildman–Crippen LogP) is 7.34. The third-order valence-electron chi connectivity index (χ3n) is 9.11. The van der Waals surface area contributed by atoms with Crippen molar-refractivity contribution in [3.63, 3.8) is 0 Å². The summed E-state index contributed by atoms with van der Waals surface area (Å²) in [7, 11) is 0. The summed E-state index contributed by atoms with van der Waals surface area (Å²) in [6.45, 7) is 6.97. The normalized spacial score (nSPS) is 18.4. The number of aliphatic imine (C=N–C) groups is 1. The molecule has 0 aliphatic carbocycles. The van der Waals surface area contributed by atoms with Crippen LogP contribution in [0.4, 0.5) is 13.2 Å². The Hall–Kier alpha value is -3.07. The van der Waals surface area contributed by atoms with E-state index >= 15 is 0 Å². The fourth-order valence-electron chi connectivity index (χ4n) is 6.64. The average molecular weight is 625 g/mol. The first-order valence-electron chi connectivity index (χ1n) is 15.7. The zero-order valence-electron chi connectivity index (χ0n) is 25.0. The Kier molecular flexibility index (Phi) is 9.79.